The summed E-state index contributed by atoms with van der Waals surface area (Å²) in [5.41, 5.74) is 12.5. The van der Waals surface area contributed by atoms with E-state index in [0.717, 1.165) is 66.0 Å². The van der Waals surface area contributed by atoms with Crippen molar-refractivity contribution in [3.8, 4) is 11.3 Å². The van der Waals surface area contributed by atoms with Crippen LogP contribution in [0.15, 0.2) is 48.8 Å². The Morgan fingerprint density at radius 1 is 1.16 bits per heavy atom. The number of rotatable bonds is 5. The van der Waals surface area contributed by atoms with Gasteiger partial charge in [-0.1, -0.05) is 31.7 Å². The fourth-order valence-corrected chi connectivity index (χ4v) is 6.56. The van der Waals surface area contributed by atoms with Crippen molar-refractivity contribution in [1.82, 2.24) is 19.4 Å². The zero-order valence-corrected chi connectivity index (χ0v) is 22.2. The molecule has 4 atom stereocenters. The number of nitrogens with zero attached hydrogens (tertiary/aromatic N) is 4. The molecule has 1 aliphatic heterocycles. The van der Waals surface area contributed by atoms with Crippen LogP contribution in [0.2, 0.25) is 0 Å². The van der Waals surface area contributed by atoms with E-state index in [9.17, 15) is 9.59 Å². The van der Waals surface area contributed by atoms with E-state index < -0.39 is 0 Å². The minimum atomic E-state index is -0.205. The molecule has 1 aromatic carbocycles. The zero-order chi connectivity index (χ0) is 26.7. The Kier molecular flexibility index (Phi) is 5.85. The number of aromatic nitrogens is 3. The molecule has 1 saturated carbocycles. The average molecular weight is 511 g/mol. The molecule has 8 nitrogen and oxygen atoms in total. The Bertz CT molecular complexity index is 1500. The van der Waals surface area contributed by atoms with Crippen LogP contribution in [0.1, 0.15) is 45.1 Å². The lowest BCUT2D eigenvalue weighted by Gasteiger charge is -2.28. The van der Waals surface area contributed by atoms with E-state index in [-0.39, 0.29) is 11.8 Å². The number of allylic oxidation sites excluding steroid dienone is 2. The molecule has 2 amide bonds. The van der Waals surface area contributed by atoms with Gasteiger partial charge < -0.3 is 20.5 Å². The summed E-state index contributed by atoms with van der Waals surface area (Å²) < 4.78 is 2.06. The third-order valence-corrected chi connectivity index (χ3v) is 8.74. The monoisotopic (exact) mass is 510 g/mol. The number of carbonyl (C=O) groups excluding carboxylic acids is 2. The summed E-state index contributed by atoms with van der Waals surface area (Å²) in [5.74, 6) is 1.98. The van der Waals surface area contributed by atoms with Crippen molar-refractivity contribution in [3.63, 3.8) is 0 Å². The normalized spacial score (nSPS) is 24.2. The van der Waals surface area contributed by atoms with E-state index in [4.69, 9.17) is 5.73 Å². The summed E-state index contributed by atoms with van der Waals surface area (Å²) >= 11 is 0. The summed E-state index contributed by atoms with van der Waals surface area (Å²) in [6.07, 6.45) is 7.21. The van der Waals surface area contributed by atoms with Gasteiger partial charge in [-0.15, -0.1) is 0 Å². The number of benzene rings is 1. The number of fused-ring (bicyclic) bond motifs is 2. The summed E-state index contributed by atoms with van der Waals surface area (Å²) in [6, 6.07) is 8.23. The Hall–Kier alpha value is -3.94. The molecule has 2 fully saturated rings. The highest BCUT2D eigenvalue weighted by atomic mass is 16.2. The highest BCUT2D eigenvalue weighted by Gasteiger charge is 2.56. The number of carbonyl (C=O) groups is 2. The molecule has 196 valence electrons. The number of anilines is 2. The molecule has 6 rings (SSSR count). The van der Waals surface area contributed by atoms with Crippen molar-refractivity contribution in [2.75, 3.05) is 17.6 Å². The van der Waals surface area contributed by atoms with Gasteiger partial charge in [-0.25, -0.2) is 9.97 Å². The average Bonchev–Trinajstić information content (AvgIpc) is 3.23. The second-order valence-corrected chi connectivity index (χ2v) is 11.1. The lowest BCUT2D eigenvalue weighted by atomic mass is 9.84. The second kappa shape index (κ2) is 9.11. The molecular weight excluding hydrogens is 476 g/mol. The number of nitrogens with one attached hydrogen (secondary N) is 1. The minimum absolute atomic E-state index is 0.0357. The molecular formula is C30H34N6O2. The smallest absolute Gasteiger partial charge is 0.250 e. The highest BCUT2D eigenvalue weighted by molar-refractivity contribution is 6.05. The summed E-state index contributed by atoms with van der Waals surface area (Å²) in [4.78, 5) is 36.4. The maximum atomic E-state index is 13.4. The SMILES string of the molecule is C=C(C)C(=O)Nc1ccc(-c2c(C3=CC[C@@H](C(=O)N4CCC5C4[C@H]5C)CC3)c3c(N)ncnc3n2C)cc1. The Balaban J connectivity index is 1.34. The third kappa shape index (κ3) is 3.90. The number of hydrogen-bond donors (Lipinski definition) is 2. The third-order valence-electron chi connectivity index (χ3n) is 8.74. The molecule has 0 spiro atoms. The van der Waals surface area contributed by atoms with Gasteiger partial charge in [-0.05, 0) is 67.7 Å². The number of piperidine rings is 1. The van der Waals surface area contributed by atoms with Crippen molar-refractivity contribution in [3.05, 3.63) is 54.4 Å². The lowest BCUT2D eigenvalue weighted by Crippen LogP contribution is -2.37. The summed E-state index contributed by atoms with van der Waals surface area (Å²) in [6.45, 7) is 8.56. The largest absolute Gasteiger partial charge is 0.383 e. The number of nitrogens with two attached hydrogens (primary N) is 1. The Labute approximate surface area is 222 Å². The molecule has 1 saturated heterocycles. The molecule has 2 aromatic heterocycles. The van der Waals surface area contributed by atoms with Crippen molar-refractivity contribution >= 4 is 39.9 Å². The van der Waals surface area contributed by atoms with Gasteiger partial charge in [-0.2, -0.15) is 0 Å². The number of amides is 2. The maximum Gasteiger partial charge on any atom is 0.250 e. The van der Waals surface area contributed by atoms with Gasteiger partial charge >= 0.3 is 0 Å². The van der Waals surface area contributed by atoms with Gasteiger partial charge in [-0.3, -0.25) is 9.59 Å². The van der Waals surface area contributed by atoms with Crippen molar-refractivity contribution in [2.45, 2.75) is 45.6 Å². The quantitative estimate of drug-likeness (QED) is 0.481. The van der Waals surface area contributed by atoms with Crippen LogP contribution < -0.4 is 11.1 Å². The van der Waals surface area contributed by atoms with Crippen LogP contribution in [0.5, 0.6) is 0 Å². The second-order valence-electron chi connectivity index (χ2n) is 11.1. The molecule has 0 bridgehead atoms. The fraction of sp³-hybridized carbons (Fsp3) is 0.400. The van der Waals surface area contributed by atoms with E-state index in [1.165, 1.54) is 11.9 Å². The predicted octanol–water partition coefficient (Wildman–Crippen LogP) is 4.78. The molecule has 2 aliphatic carbocycles. The molecule has 3 heterocycles. The van der Waals surface area contributed by atoms with Gasteiger partial charge in [0.15, 0.2) is 0 Å². The zero-order valence-electron chi connectivity index (χ0n) is 22.2. The molecule has 38 heavy (non-hydrogen) atoms. The van der Waals surface area contributed by atoms with Crippen LogP contribution in [0, 0.1) is 17.8 Å². The van der Waals surface area contributed by atoms with Crippen molar-refractivity contribution < 1.29 is 9.59 Å². The molecule has 2 unspecified atom stereocenters. The topological polar surface area (TPSA) is 106 Å². The first kappa shape index (κ1) is 24.4. The van der Waals surface area contributed by atoms with Gasteiger partial charge in [0.2, 0.25) is 5.91 Å². The van der Waals surface area contributed by atoms with Crippen LogP contribution in [0.25, 0.3) is 27.9 Å². The van der Waals surface area contributed by atoms with Crippen molar-refractivity contribution in [1.29, 1.82) is 0 Å². The standard InChI is InChI=1S/C30H34N6O2/c1-16(2)29(37)34-21-11-9-19(10-12-21)26-23(24-27(31)32-15-33-28(24)35(26)4)18-5-7-20(8-6-18)30(38)36-14-13-22-17(3)25(22)36/h5,9-12,15,17,20,22,25H,1,6-8,13-14H2,2-4H3,(H,34,37)(H2,31,32,33)/t17-,20+,22?,25?/m0/s1. The number of aryl methyl sites for hydroxylation is 1. The molecule has 3 aromatic rings. The first-order chi connectivity index (χ1) is 18.3. The highest BCUT2D eigenvalue weighted by Crippen LogP contribution is 2.51. The molecule has 0 radical (unpaired) electrons. The van der Waals surface area contributed by atoms with Gasteiger partial charge in [0, 0.05) is 42.4 Å². The summed E-state index contributed by atoms with van der Waals surface area (Å²) in [5, 5.41) is 3.70. The van der Waals surface area contributed by atoms with Crippen LogP contribution in [0.3, 0.4) is 0 Å². The molecule has 3 N–H and O–H groups in total. The number of nitrogen functional groups attached to an aromatic ring is 1. The number of hydrogen-bond acceptors (Lipinski definition) is 5. The fourth-order valence-electron chi connectivity index (χ4n) is 6.56. The van der Waals surface area contributed by atoms with Crippen LogP contribution in [-0.2, 0) is 16.6 Å². The molecule has 8 heteroatoms. The maximum absolute atomic E-state index is 13.4. The predicted molar refractivity (Wildman–Crippen MR) is 150 cm³/mol. The Morgan fingerprint density at radius 2 is 1.92 bits per heavy atom. The minimum Gasteiger partial charge on any atom is -0.383 e. The summed E-state index contributed by atoms with van der Waals surface area (Å²) in [7, 11) is 1.99. The Morgan fingerprint density at radius 3 is 2.55 bits per heavy atom. The first-order valence-corrected chi connectivity index (χ1v) is 13.4. The van der Waals surface area contributed by atoms with E-state index in [1.54, 1.807) is 6.92 Å². The molecule has 3 aliphatic rings. The van der Waals surface area contributed by atoms with Crippen molar-refractivity contribution in [2.24, 2.45) is 24.8 Å². The van der Waals surface area contributed by atoms with E-state index in [2.05, 4.69) is 44.3 Å². The van der Waals surface area contributed by atoms with Crippen LogP contribution in [-0.4, -0.2) is 43.8 Å². The van der Waals surface area contributed by atoms with Gasteiger partial charge in [0.05, 0.1) is 11.1 Å². The van der Waals surface area contributed by atoms with E-state index in [0.29, 0.717) is 34.9 Å². The lowest BCUT2D eigenvalue weighted by molar-refractivity contribution is -0.135. The van der Waals surface area contributed by atoms with Gasteiger partial charge in [0.25, 0.3) is 5.91 Å². The van der Waals surface area contributed by atoms with E-state index >= 15 is 0 Å². The van der Waals surface area contributed by atoms with Crippen LogP contribution >= 0.6 is 0 Å². The van der Waals surface area contributed by atoms with Crippen LogP contribution in [0.4, 0.5) is 11.5 Å². The van der Waals surface area contributed by atoms with E-state index in [1.807, 2.05) is 31.3 Å². The van der Waals surface area contributed by atoms with Gasteiger partial charge in [0.1, 0.15) is 17.8 Å². The number of likely N-dealkylation sites (tertiary alicyclic amines) is 1. The first-order valence-electron chi connectivity index (χ1n) is 13.4.